The van der Waals surface area contributed by atoms with Crippen LogP contribution in [0.4, 0.5) is 0 Å². The molecule has 0 spiro atoms. The van der Waals surface area contributed by atoms with E-state index in [2.05, 4.69) is 18.7 Å². The van der Waals surface area contributed by atoms with E-state index < -0.39 is 5.60 Å². The minimum Gasteiger partial charge on any atom is -0.389 e. The summed E-state index contributed by atoms with van der Waals surface area (Å²) in [5, 5.41) is 10.1. The molecule has 1 rings (SSSR count). The standard InChI is InChI=1S/C14H30N2O/c1-4-13-8-6-5-7-9-16(13)12(2)10-14(3,17)11-15/h12-13,17H,4-11,15H2,1-3H3. The van der Waals surface area contributed by atoms with E-state index in [1.165, 1.54) is 38.6 Å². The van der Waals surface area contributed by atoms with Gasteiger partial charge in [-0.1, -0.05) is 19.8 Å². The number of hydrogen-bond donors (Lipinski definition) is 2. The highest BCUT2D eigenvalue weighted by molar-refractivity contribution is 4.85. The van der Waals surface area contributed by atoms with Crippen LogP contribution in [-0.4, -0.2) is 40.8 Å². The predicted molar refractivity (Wildman–Crippen MR) is 73.0 cm³/mol. The first-order chi connectivity index (χ1) is 8.00. The average Bonchev–Trinajstić information content (AvgIpc) is 2.53. The molecule has 17 heavy (non-hydrogen) atoms. The van der Waals surface area contributed by atoms with Crippen molar-refractivity contribution in [3.63, 3.8) is 0 Å². The van der Waals surface area contributed by atoms with E-state index in [1.807, 2.05) is 6.92 Å². The molecule has 0 aromatic carbocycles. The van der Waals surface area contributed by atoms with Crippen molar-refractivity contribution in [1.29, 1.82) is 0 Å². The largest absolute Gasteiger partial charge is 0.389 e. The second-order valence-electron chi connectivity index (χ2n) is 5.90. The summed E-state index contributed by atoms with van der Waals surface area (Å²) in [7, 11) is 0. The fourth-order valence-corrected chi connectivity index (χ4v) is 3.06. The summed E-state index contributed by atoms with van der Waals surface area (Å²) in [5.41, 5.74) is 4.90. The summed E-state index contributed by atoms with van der Waals surface area (Å²) in [6.45, 7) is 7.89. The molecule has 3 heteroatoms. The van der Waals surface area contributed by atoms with Gasteiger partial charge in [-0.25, -0.2) is 0 Å². The molecule has 0 bridgehead atoms. The van der Waals surface area contributed by atoms with Crippen molar-refractivity contribution in [1.82, 2.24) is 4.90 Å². The van der Waals surface area contributed by atoms with Gasteiger partial charge < -0.3 is 10.8 Å². The average molecular weight is 242 g/mol. The number of nitrogens with zero attached hydrogens (tertiary/aromatic N) is 1. The van der Waals surface area contributed by atoms with Crippen molar-refractivity contribution in [2.75, 3.05) is 13.1 Å². The van der Waals surface area contributed by atoms with Gasteiger partial charge in [-0.2, -0.15) is 0 Å². The lowest BCUT2D eigenvalue weighted by molar-refractivity contribution is 0.0183. The number of nitrogens with two attached hydrogens (primary N) is 1. The van der Waals surface area contributed by atoms with Gasteiger partial charge in [-0.3, -0.25) is 4.90 Å². The summed E-state index contributed by atoms with van der Waals surface area (Å²) in [4.78, 5) is 2.59. The zero-order valence-electron chi connectivity index (χ0n) is 11.8. The lowest BCUT2D eigenvalue weighted by atomic mass is 9.95. The Kier molecular flexibility index (Phi) is 5.90. The fourth-order valence-electron chi connectivity index (χ4n) is 3.06. The van der Waals surface area contributed by atoms with Gasteiger partial charge in [0.05, 0.1) is 5.60 Å². The maximum absolute atomic E-state index is 10.1. The molecule has 3 unspecified atom stereocenters. The predicted octanol–water partition coefficient (Wildman–Crippen LogP) is 2.13. The van der Waals surface area contributed by atoms with E-state index in [0.29, 0.717) is 18.6 Å². The molecule has 3 nitrogen and oxygen atoms in total. The second-order valence-corrected chi connectivity index (χ2v) is 5.90. The van der Waals surface area contributed by atoms with Crippen molar-refractivity contribution in [2.24, 2.45) is 5.73 Å². The Balaban J connectivity index is 2.60. The highest BCUT2D eigenvalue weighted by Crippen LogP contribution is 2.24. The van der Waals surface area contributed by atoms with Crippen LogP contribution in [0.2, 0.25) is 0 Å². The molecular weight excluding hydrogens is 212 g/mol. The summed E-state index contributed by atoms with van der Waals surface area (Å²) in [6, 6.07) is 1.12. The Morgan fingerprint density at radius 2 is 2.12 bits per heavy atom. The number of rotatable bonds is 5. The molecule has 1 aliphatic rings. The Morgan fingerprint density at radius 3 is 2.71 bits per heavy atom. The molecular formula is C14H30N2O. The molecule has 0 radical (unpaired) electrons. The number of hydrogen-bond acceptors (Lipinski definition) is 3. The van der Waals surface area contributed by atoms with Gasteiger partial charge in [0.2, 0.25) is 0 Å². The van der Waals surface area contributed by atoms with Crippen LogP contribution >= 0.6 is 0 Å². The van der Waals surface area contributed by atoms with Crippen molar-refractivity contribution in [3.8, 4) is 0 Å². The van der Waals surface area contributed by atoms with Crippen LogP contribution in [0.25, 0.3) is 0 Å². The fraction of sp³-hybridized carbons (Fsp3) is 1.00. The SMILES string of the molecule is CCC1CCCCCN1C(C)CC(C)(O)CN. The summed E-state index contributed by atoms with van der Waals surface area (Å²) in [6.07, 6.45) is 7.31. The topological polar surface area (TPSA) is 49.5 Å². The number of likely N-dealkylation sites (tertiary alicyclic amines) is 1. The van der Waals surface area contributed by atoms with Crippen LogP contribution in [0, 0.1) is 0 Å². The first kappa shape index (κ1) is 14.9. The van der Waals surface area contributed by atoms with Gasteiger partial charge >= 0.3 is 0 Å². The zero-order valence-corrected chi connectivity index (χ0v) is 11.8. The summed E-state index contributed by atoms with van der Waals surface area (Å²) >= 11 is 0. The van der Waals surface area contributed by atoms with Crippen LogP contribution in [0.3, 0.4) is 0 Å². The van der Waals surface area contributed by atoms with Gasteiger partial charge in [0, 0.05) is 18.6 Å². The first-order valence-electron chi connectivity index (χ1n) is 7.18. The Hall–Kier alpha value is -0.120. The quantitative estimate of drug-likeness (QED) is 0.776. The molecule has 102 valence electrons. The molecule has 0 aromatic rings. The first-order valence-corrected chi connectivity index (χ1v) is 7.18. The summed E-state index contributed by atoms with van der Waals surface area (Å²) < 4.78 is 0. The molecule has 0 saturated carbocycles. The molecule has 3 N–H and O–H groups in total. The normalized spacial score (nSPS) is 28.4. The van der Waals surface area contributed by atoms with E-state index in [4.69, 9.17) is 5.73 Å². The Labute approximate surface area is 106 Å². The van der Waals surface area contributed by atoms with Gasteiger partial charge in [0.1, 0.15) is 0 Å². The van der Waals surface area contributed by atoms with Crippen molar-refractivity contribution < 1.29 is 5.11 Å². The Morgan fingerprint density at radius 1 is 1.41 bits per heavy atom. The summed E-state index contributed by atoms with van der Waals surface area (Å²) in [5.74, 6) is 0. The van der Waals surface area contributed by atoms with Crippen molar-refractivity contribution in [2.45, 2.75) is 77.0 Å². The monoisotopic (exact) mass is 242 g/mol. The van der Waals surface area contributed by atoms with Gasteiger partial charge in [-0.05, 0) is 46.1 Å². The smallest absolute Gasteiger partial charge is 0.0756 e. The minimum absolute atomic E-state index is 0.349. The van der Waals surface area contributed by atoms with Crippen LogP contribution in [-0.2, 0) is 0 Å². The molecule has 1 heterocycles. The Bertz CT molecular complexity index is 218. The molecule has 0 amide bonds. The lowest BCUT2D eigenvalue weighted by Gasteiger charge is -2.38. The lowest BCUT2D eigenvalue weighted by Crippen LogP contribution is -2.47. The van der Waals surface area contributed by atoms with E-state index >= 15 is 0 Å². The maximum atomic E-state index is 10.1. The molecule has 0 aliphatic carbocycles. The molecule has 1 aliphatic heterocycles. The molecule has 0 aromatic heterocycles. The third kappa shape index (κ3) is 4.57. The third-order valence-corrected chi connectivity index (χ3v) is 4.13. The zero-order chi connectivity index (χ0) is 12.9. The van der Waals surface area contributed by atoms with E-state index in [-0.39, 0.29) is 0 Å². The van der Waals surface area contributed by atoms with Gasteiger partial charge in [0.25, 0.3) is 0 Å². The van der Waals surface area contributed by atoms with Crippen LogP contribution < -0.4 is 5.73 Å². The van der Waals surface area contributed by atoms with E-state index in [1.54, 1.807) is 0 Å². The molecule has 1 fully saturated rings. The van der Waals surface area contributed by atoms with E-state index in [9.17, 15) is 5.11 Å². The number of aliphatic hydroxyl groups is 1. The third-order valence-electron chi connectivity index (χ3n) is 4.13. The van der Waals surface area contributed by atoms with Crippen molar-refractivity contribution in [3.05, 3.63) is 0 Å². The van der Waals surface area contributed by atoms with E-state index in [0.717, 1.165) is 6.42 Å². The molecule has 1 saturated heterocycles. The van der Waals surface area contributed by atoms with Crippen LogP contribution in [0.5, 0.6) is 0 Å². The van der Waals surface area contributed by atoms with Gasteiger partial charge in [0.15, 0.2) is 0 Å². The molecule has 3 atom stereocenters. The highest BCUT2D eigenvalue weighted by atomic mass is 16.3. The highest BCUT2D eigenvalue weighted by Gasteiger charge is 2.29. The minimum atomic E-state index is -0.718. The van der Waals surface area contributed by atoms with Gasteiger partial charge in [-0.15, -0.1) is 0 Å². The van der Waals surface area contributed by atoms with Crippen molar-refractivity contribution >= 4 is 0 Å². The maximum Gasteiger partial charge on any atom is 0.0756 e. The second kappa shape index (κ2) is 6.72. The van der Waals surface area contributed by atoms with Crippen LogP contribution in [0.15, 0.2) is 0 Å². The van der Waals surface area contributed by atoms with Crippen LogP contribution in [0.1, 0.15) is 59.3 Å².